The van der Waals surface area contributed by atoms with E-state index in [1.54, 1.807) is 24.3 Å². The van der Waals surface area contributed by atoms with Gasteiger partial charge in [-0.3, -0.25) is 0 Å². The monoisotopic (exact) mass is 270 g/mol. The summed E-state index contributed by atoms with van der Waals surface area (Å²) < 4.78 is -1.68. The molecule has 0 aliphatic rings. The zero-order chi connectivity index (χ0) is 10.8. The second kappa shape index (κ2) is 4.58. The first kappa shape index (κ1) is 11.9. The number of halogens is 4. The quantitative estimate of drug-likeness (QED) is 0.472. The standard InChI is InChI=1S/C8H6Cl4N2/c9-5-1-3-6(4-2-5)14-7(13)8(10,11)12/h1-4H,(H2,13,14). The van der Waals surface area contributed by atoms with Gasteiger partial charge in [0.05, 0.1) is 5.69 Å². The van der Waals surface area contributed by atoms with E-state index < -0.39 is 3.79 Å². The van der Waals surface area contributed by atoms with Gasteiger partial charge < -0.3 is 5.73 Å². The van der Waals surface area contributed by atoms with Crippen LogP contribution in [-0.4, -0.2) is 9.63 Å². The van der Waals surface area contributed by atoms with E-state index in [2.05, 4.69) is 4.99 Å². The Morgan fingerprint density at radius 3 is 2.07 bits per heavy atom. The molecule has 1 aromatic rings. The molecule has 0 heterocycles. The average molecular weight is 272 g/mol. The minimum absolute atomic E-state index is 0.0789. The van der Waals surface area contributed by atoms with Crippen molar-refractivity contribution < 1.29 is 0 Å². The first-order valence-electron chi connectivity index (χ1n) is 3.56. The predicted molar refractivity (Wildman–Crippen MR) is 63.0 cm³/mol. The highest BCUT2D eigenvalue weighted by molar-refractivity contribution is 6.76. The maximum Gasteiger partial charge on any atom is 0.247 e. The number of aliphatic imine (C=N–C) groups is 1. The molecule has 2 N–H and O–H groups in total. The van der Waals surface area contributed by atoms with E-state index in [1.165, 1.54) is 0 Å². The van der Waals surface area contributed by atoms with E-state index >= 15 is 0 Å². The summed E-state index contributed by atoms with van der Waals surface area (Å²) in [6.45, 7) is 0. The van der Waals surface area contributed by atoms with Crippen molar-refractivity contribution in [2.75, 3.05) is 0 Å². The van der Waals surface area contributed by atoms with Crippen LogP contribution in [0.2, 0.25) is 5.02 Å². The average Bonchev–Trinajstić information content (AvgIpc) is 2.07. The Balaban J connectivity index is 2.93. The lowest BCUT2D eigenvalue weighted by atomic mass is 10.3. The van der Waals surface area contributed by atoms with Crippen molar-refractivity contribution in [3.63, 3.8) is 0 Å². The second-order valence-electron chi connectivity index (χ2n) is 2.47. The maximum atomic E-state index is 5.68. The number of hydrogen-bond acceptors (Lipinski definition) is 1. The summed E-state index contributed by atoms with van der Waals surface area (Å²) in [4.78, 5) is 3.91. The molecular formula is C8H6Cl4N2. The molecule has 0 radical (unpaired) electrons. The van der Waals surface area contributed by atoms with Crippen molar-refractivity contribution in [1.82, 2.24) is 0 Å². The fraction of sp³-hybridized carbons (Fsp3) is 0.125. The predicted octanol–water partition coefficient (Wildman–Crippen LogP) is 3.70. The molecule has 0 aliphatic carbocycles. The van der Waals surface area contributed by atoms with Crippen molar-refractivity contribution in [1.29, 1.82) is 0 Å². The highest BCUT2D eigenvalue weighted by Gasteiger charge is 2.25. The van der Waals surface area contributed by atoms with Crippen LogP contribution in [0.4, 0.5) is 5.69 Å². The zero-order valence-electron chi connectivity index (χ0n) is 6.85. The number of rotatable bonds is 1. The van der Waals surface area contributed by atoms with Crippen LogP contribution < -0.4 is 5.73 Å². The highest BCUT2D eigenvalue weighted by Crippen LogP contribution is 2.27. The first-order valence-corrected chi connectivity index (χ1v) is 5.08. The largest absolute Gasteiger partial charge is 0.384 e. The number of nitrogens with zero attached hydrogens (tertiary/aromatic N) is 1. The minimum atomic E-state index is -1.68. The topological polar surface area (TPSA) is 38.4 Å². The SMILES string of the molecule is NC(=Nc1ccc(Cl)cc1)C(Cl)(Cl)Cl. The molecule has 2 nitrogen and oxygen atoms in total. The Labute approximate surface area is 102 Å². The van der Waals surface area contributed by atoms with Gasteiger partial charge in [-0.15, -0.1) is 0 Å². The number of benzene rings is 1. The Morgan fingerprint density at radius 1 is 1.14 bits per heavy atom. The minimum Gasteiger partial charge on any atom is -0.384 e. The van der Waals surface area contributed by atoms with Gasteiger partial charge >= 0.3 is 0 Å². The number of nitrogens with two attached hydrogens (primary N) is 1. The van der Waals surface area contributed by atoms with Gasteiger partial charge in [-0.05, 0) is 24.3 Å². The fourth-order valence-electron chi connectivity index (χ4n) is 0.718. The molecule has 76 valence electrons. The van der Waals surface area contributed by atoms with Gasteiger partial charge in [-0.2, -0.15) is 0 Å². The Kier molecular flexibility index (Phi) is 3.90. The molecule has 14 heavy (non-hydrogen) atoms. The lowest BCUT2D eigenvalue weighted by Crippen LogP contribution is -2.27. The summed E-state index contributed by atoms with van der Waals surface area (Å²) in [5.74, 6) is -0.0789. The number of hydrogen-bond donors (Lipinski definition) is 1. The van der Waals surface area contributed by atoms with Crippen LogP contribution in [0.25, 0.3) is 0 Å². The number of alkyl halides is 3. The molecule has 0 spiro atoms. The molecule has 0 bridgehead atoms. The fourth-order valence-corrected chi connectivity index (χ4v) is 0.971. The van der Waals surface area contributed by atoms with Gasteiger partial charge in [0.15, 0.2) is 5.84 Å². The van der Waals surface area contributed by atoms with E-state index in [4.69, 9.17) is 52.1 Å². The summed E-state index contributed by atoms with van der Waals surface area (Å²) in [6, 6.07) is 6.69. The maximum absolute atomic E-state index is 5.68. The van der Waals surface area contributed by atoms with Crippen molar-refractivity contribution in [3.8, 4) is 0 Å². The molecule has 0 saturated heterocycles. The molecule has 0 fully saturated rings. The van der Waals surface area contributed by atoms with Gasteiger partial charge in [0, 0.05) is 5.02 Å². The first-order chi connectivity index (χ1) is 6.39. The van der Waals surface area contributed by atoms with Crippen molar-refractivity contribution in [3.05, 3.63) is 29.3 Å². The van der Waals surface area contributed by atoms with Crippen molar-refractivity contribution in [2.24, 2.45) is 10.7 Å². The van der Waals surface area contributed by atoms with Crippen LogP contribution in [0.1, 0.15) is 0 Å². The van der Waals surface area contributed by atoms with Crippen LogP contribution in [0.15, 0.2) is 29.3 Å². The van der Waals surface area contributed by atoms with Gasteiger partial charge in [0.2, 0.25) is 3.79 Å². The zero-order valence-corrected chi connectivity index (χ0v) is 9.87. The summed E-state index contributed by atoms with van der Waals surface area (Å²) in [5, 5.41) is 0.608. The van der Waals surface area contributed by atoms with E-state index in [1.807, 2.05) is 0 Å². The molecule has 0 saturated carbocycles. The van der Waals surface area contributed by atoms with E-state index in [9.17, 15) is 0 Å². The van der Waals surface area contributed by atoms with E-state index in [0.29, 0.717) is 10.7 Å². The Bertz CT molecular complexity index is 339. The van der Waals surface area contributed by atoms with E-state index in [-0.39, 0.29) is 5.84 Å². The molecular weight excluding hydrogens is 266 g/mol. The third-order valence-corrected chi connectivity index (χ3v) is 2.20. The lowest BCUT2D eigenvalue weighted by molar-refractivity contribution is 1.38. The molecule has 0 unspecified atom stereocenters. The molecule has 1 aromatic carbocycles. The third kappa shape index (κ3) is 3.54. The lowest BCUT2D eigenvalue weighted by Gasteiger charge is -2.09. The van der Waals surface area contributed by atoms with E-state index in [0.717, 1.165) is 0 Å². The summed E-state index contributed by atoms with van der Waals surface area (Å²) in [7, 11) is 0. The van der Waals surface area contributed by atoms with Gasteiger partial charge in [-0.1, -0.05) is 46.4 Å². The molecule has 0 atom stereocenters. The van der Waals surface area contributed by atoms with Crippen molar-refractivity contribution >= 4 is 57.9 Å². The summed E-state index contributed by atoms with van der Waals surface area (Å²) in [5.41, 5.74) is 6.02. The van der Waals surface area contributed by atoms with Crippen LogP contribution >= 0.6 is 46.4 Å². The highest BCUT2D eigenvalue weighted by atomic mass is 35.6. The third-order valence-electron chi connectivity index (χ3n) is 1.37. The normalized spacial score (nSPS) is 13.0. The Hall–Kier alpha value is -0.150. The van der Waals surface area contributed by atoms with Crippen LogP contribution in [0, 0.1) is 0 Å². The molecule has 1 rings (SSSR count). The van der Waals surface area contributed by atoms with Crippen molar-refractivity contribution in [2.45, 2.75) is 3.79 Å². The van der Waals surface area contributed by atoms with Crippen LogP contribution in [0.3, 0.4) is 0 Å². The molecule has 0 amide bonds. The van der Waals surface area contributed by atoms with Gasteiger partial charge in [0.1, 0.15) is 0 Å². The van der Waals surface area contributed by atoms with Crippen LogP contribution in [0.5, 0.6) is 0 Å². The molecule has 0 aromatic heterocycles. The van der Waals surface area contributed by atoms with Gasteiger partial charge in [0.25, 0.3) is 0 Å². The second-order valence-corrected chi connectivity index (χ2v) is 5.19. The number of amidine groups is 1. The molecule has 6 heteroatoms. The molecule has 0 aliphatic heterocycles. The summed E-state index contributed by atoms with van der Waals surface area (Å²) >= 11 is 22.2. The summed E-state index contributed by atoms with van der Waals surface area (Å²) in [6.07, 6.45) is 0. The van der Waals surface area contributed by atoms with Gasteiger partial charge in [-0.25, -0.2) is 4.99 Å². The van der Waals surface area contributed by atoms with Crippen LogP contribution in [-0.2, 0) is 0 Å². The smallest absolute Gasteiger partial charge is 0.247 e. The Morgan fingerprint density at radius 2 is 1.64 bits per heavy atom.